The van der Waals surface area contributed by atoms with Crippen LogP contribution in [-0.2, 0) is 32.7 Å². The number of aliphatic hydroxyl groups is 1. The molecule has 0 bridgehead atoms. The Labute approximate surface area is 224 Å². The van der Waals surface area contributed by atoms with Gasteiger partial charge in [0.1, 0.15) is 12.7 Å². The lowest BCUT2D eigenvalue weighted by Crippen LogP contribution is -2.43. The van der Waals surface area contributed by atoms with Gasteiger partial charge in [-0.15, -0.1) is 0 Å². The first-order valence-corrected chi connectivity index (χ1v) is 14.1. The largest absolute Gasteiger partial charge is 0.480 e. The van der Waals surface area contributed by atoms with Crippen molar-refractivity contribution in [3.05, 3.63) is 48.6 Å². The van der Waals surface area contributed by atoms with E-state index in [4.69, 9.17) is 0 Å². The third-order valence-electron chi connectivity index (χ3n) is 4.69. The van der Waals surface area contributed by atoms with Gasteiger partial charge in [0, 0.05) is 13.3 Å². The zero-order valence-corrected chi connectivity index (χ0v) is 23.1. The Balaban J connectivity index is 4.12. The molecule has 3 atom stereocenters. The van der Waals surface area contributed by atoms with Gasteiger partial charge < -0.3 is 25.2 Å². The summed E-state index contributed by atoms with van der Waals surface area (Å²) in [6.45, 7) is 1.27. The second-order valence-electron chi connectivity index (χ2n) is 8.22. The van der Waals surface area contributed by atoms with Gasteiger partial charge in [-0.25, -0.2) is 9.36 Å². The van der Waals surface area contributed by atoms with E-state index in [-0.39, 0.29) is 6.42 Å². The van der Waals surface area contributed by atoms with E-state index < -0.39 is 57.6 Å². The molecule has 216 valence electrons. The van der Waals surface area contributed by atoms with Gasteiger partial charge in [0.15, 0.2) is 6.04 Å². The number of phosphoric acid groups is 1. The summed E-state index contributed by atoms with van der Waals surface area (Å²) in [5.41, 5.74) is 0. The molecule has 0 saturated heterocycles. The first-order valence-electron chi connectivity index (χ1n) is 12.6. The van der Waals surface area contributed by atoms with Gasteiger partial charge in [0.05, 0.1) is 13.2 Å². The molecular weight excluding hydrogens is 517 g/mol. The van der Waals surface area contributed by atoms with E-state index in [1.165, 1.54) is 0 Å². The number of carbonyl (C=O) groups is 3. The second kappa shape index (κ2) is 22.4. The number of unbranched alkanes of at least 4 members (excludes halogenated alkanes) is 2. The van der Waals surface area contributed by atoms with E-state index in [9.17, 15) is 34.1 Å². The maximum absolute atomic E-state index is 12.1. The molecule has 1 amide bonds. The highest BCUT2D eigenvalue weighted by atomic mass is 31.2. The Morgan fingerprint density at radius 2 is 1.42 bits per heavy atom. The summed E-state index contributed by atoms with van der Waals surface area (Å²) < 4.78 is 25.5. The maximum atomic E-state index is 12.1. The average molecular weight is 560 g/mol. The van der Waals surface area contributed by atoms with Crippen LogP contribution in [0.1, 0.15) is 65.2 Å². The number of hydrogen-bond donors (Lipinski definition) is 4. The summed E-state index contributed by atoms with van der Waals surface area (Å²) in [4.78, 5) is 43.7. The number of hydrogen-bond acceptors (Lipinski definition) is 8. The predicted molar refractivity (Wildman–Crippen MR) is 143 cm³/mol. The topological polar surface area (TPSA) is 169 Å². The monoisotopic (exact) mass is 559 g/mol. The second-order valence-corrected chi connectivity index (χ2v) is 9.68. The van der Waals surface area contributed by atoms with Crippen molar-refractivity contribution in [1.29, 1.82) is 0 Å². The number of carbonyl (C=O) groups excluding carboxylic acids is 2. The van der Waals surface area contributed by atoms with Gasteiger partial charge in [0.2, 0.25) is 5.91 Å². The number of allylic oxidation sites excluding steroid dienone is 8. The number of aliphatic carboxylic acids is 1. The van der Waals surface area contributed by atoms with Crippen molar-refractivity contribution in [2.24, 2.45) is 0 Å². The fourth-order valence-corrected chi connectivity index (χ4v) is 3.51. The van der Waals surface area contributed by atoms with Crippen molar-refractivity contribution in [1.82, 2.24) is 5.32 Å². The van der Waals surface area contributed by atoms with Crippen LogP contribution in [0.5, 0.6) is 0 Å². The normalized spacial score (nSPS) is 15.3. The van der Waals surface area contributed by atoms with Gasteiger partial charge in [0.25, 0.3) is 0 Å². The smallest absolute Gasteiger partial charge is 0.472 e. The first-order chi connectivity index (χ1) is 18.1. The Bertz CT molecular complexity index is 853. The summed E-state index contributed by atoms with van der Waals surface area (Å²) >= 11 is 0. The molecule has 0 spiro atoms. The van der Waals surface area contributed by atoms with Crippen LogP contribution < -0.4 is 5.32 Å². The van der Waals surface area contributed by atoms with Crippen LogP contribution in [0.4, 0.5) is 0 Å². The average Bonchev–Trinajstić information content (AvgIpc) is 2.86. The molecule has 0 aliphatic heterocycles. The summed E-state index contributed by atoms with van der Waals surface area (Å²) in [6.07, 6.45) is 21.3. The highest BCUT2D eigenvalue weighted by molar-refractivity contribution is 7.47. The van der Waals surface area contributed by atoms with Crippen molar-refractivity contribution in [3.8, 4) is 0 Å². The lowest BCUT2D eigenvalue weighted by Gasteiger charge is -2.18. The first kappa shape index (κ1) is 35.4. The van der Waals surface area contributed by atoms with Crippen LogP contribution in [0.2, 0.25) is 0 Å². The van der Waals surface area contributed by atoms with Crippen molar-refractivity contribution in [3.63, 3.8) is 0 Å². The third kappa shape index (κ3) is 22.6. The molecule has 3 unspecified atom stereocenters. The molecule has 0 radical (unpaired) electrons. The number of ether oxygens (including phenoxy) is 1. The van der Waals surface area contributed by atoms with Crippen LogP contribution in [0, 0.1) is 0 Å². The summed E-state index contributed by atoms with van der Waals surface area (Å²) in [5.74, 6) is -2.63. The highest BCUT2D eigenvalue weighted by Gasteiger charge is 2.28. The number of aliphatic hydroxyl groups excluding tert-OH is 1. The number of rotatable bonds is 22. The molecule has 11 nitrogen and oxygen atoms in total. The van der Waals surface area contributed by atoms with E-state index >= 15 is 0 Å². The van der Waals surface area contributed by atoms with Crippen molar-refractivity contribution < 1.29 is 47.8 Å². The SMILES string of the molecule is CC/C=C\C/C=C\C/C=C\C/C=C\CCCCC(=O)NC(COP(=O)(O)OCC(O)COC(C)=O)C(=O)O. The Morgan fingerprint density at radius 1 is 0.868 bits per heavy atom. The zero-order valence-electron chi connectivity index (χ0n) is 22.2. The molecule has 38 heavy (non-hydrogen) atoms. The van der Waals surface area contributed by atoms with Crippen LogP contribution >= 0.6 is 7.82 Å². The molecule has 0 rings (SSSR count). The van der Waals surface area contributed by atoms with Crippen LogP contribution in [0.15, 0.2) is 48.6 Å². The van der Waals surface area contributed by atoms with Crippen molar-refractivity contribution in [2.75, 3.05) is 19.8 Å². The van der Waals surface area contributed by atoms with Gasteiger partial charge in [-0.3, -0.25) is 18.6 Å². The fourth-order valence-electron chi connectivity index (χ4n) is 2.73. The Kier molecular flexibility index (Phi) is 20.9. The quantitative estimate of drug-likeness (QED) is 0.0659. The molecule has 0 aliphatic rings. The van der Waals surface area contributed by atoms with Gasteiger partial charge >= 0.3 is 19.8 Å². The van der Waals surface area contributed by atoms with E-state index in [0.717, 1.165) is 45.4 Å². The fraction of sp³-hybridized carbons (Fsp3) is 0.577. The summed E-state index contributed by atoms with van der Waals surface area (Å²) in [6, 6.07) is -1.56. The molecule has 12 heteroatoms. The Hall–Kier alpha value is -2.56. The number of nitrogens with one attached hydrogen (secondary N) is 1. The molecule has 0 aromatic carbocycles. The molecule has 0 aromatic heterocycles. The van der Waals surface area contributed by atoms with E-state index in [1.807, 2.05) is 12.2 Å². The minimum absolute atomic E-state index is 0.0902. The zero-order chi connectivity index (χ0) is 28.7. The van der Waals surface area contributed by atoms with E-state index in [2.05, 4.69) is 62.5 Å². The number of phosphoric ester groups is 1. The lowest BCUT2D eigenvalue weighted by molar-refractivity contribution is -0.144. The van der Waals surface area contributed by atoms with Crippen LogP contribution in [-0.4, -0.2) is 64.9 Å². The molecule has 0 heterocycles. The van der Waals surface area contributed by atoms with Crippen LogP contribution in [0.25, 0.3) is 0 Å². The van der Waals surface area contributed by atoms with Gasteiger partial charge in [-0.1, -0.05) is 55.5 Å². The van der Waals surface area contributed by atoms with E-state index in [1.54, 1.807) is 0 Å². The molecule has 4 N–H and O–H groups in total. The third-order valence-corrected chi connectivity index (χ3v) is 5.64. The molecular formula is C26H42NO10P. The molecule has 0 aromatic rings. The van der Waals surface area contributed by atoms with Crippen molar-refractivity contribution in [2.45, 2.75) is 77.4 Å². The summed E-state index contributed by atoms with van der Waals surface area (Å²) in [5, 5.41) is 21.0. The maximum Gasteiger partial charge on any atom is 0.472 e. The molecule has 0 saturated carbocycles. The van der Waals surface area contributed by atoms with E-state index in [0.29, 0.717) is 6.42 Å². The Morgan fingerprint density at radius 3 is 1.97 bits per heavy atom. The number of amides is 1. The van der Waals surface area contributed by atoms with Crippen molar-refractivity contribution >= 4 is 25.7 Å². The number of esters is 1. The lowest BCUT2D eigenvalue weighted by atomic mass is 10.1. The predicted octanol–water partition coefficient (Wildman–Crippen LogP) is 3.98. The number of carboxylic acid groups (broad SMARTS) is 1. The minimum atomic E-state index is -4.72. The highest BCUT2D eigenvalue weighted by Crippen LogP contribution is 2.43. The van der Waals surface area contributed by atoms with Gasteiger partial charge in [-0.05, 0) is 44.9 Å². The number of carboxylic acids is 1. The standard InChI is InChI=1S/C26H42NO10P/c1-3-4-5-6-7-8-9-10-11-12-13-14-15-16-17-18-25(30)27-24(26(31)32)21-37-38(33,34)36-20-23(29)19-35-22(2)28/h4-5,7-8,10-11,13-14,23-24,29H,3,6,9,12,15-21H2,1-2H3,(H,27,30)(H,31,32)(H,33,34)/b5-4-,8-7-,11-10-,14-13-. The van der Waals surface area contributed by atoms with Crippen LogP contribution in [0.3, 0.4) is 0 Å². The minimum Gasteiger partial charge on any atom is -0.480 e. The summed E-state index contributed by atoms with van der Waals surface area (Å²) in [7, 11) is -4.72. The molecule has 0 fully saturated rings. The molecule has 0 aliphatic carbocycles. The van der Waals surface area contributed by atoms with Gasteiger partial charge in [-0.2, -0.15) is 0 Å².